The summed E-state index contributed by atoms with van der Waals surface area (Å²) < 4.78 is 62.5. The fraction of sp³-hybridized carbons (Fsp3) is 0.182. The highest BCUT2D eigenvalue weighted by Gasteiger charge is 2.41. The Balaban J connectivity index is 2.30. The number of H-pyrrole nitrogens is 1. The first-order valence-electron chi connectivity index (χ1n) is 5.77. The van der Waals surface area contributed by atoms with Crippen molar-refractivity contribution in [2.75, 3.05) is 5.43 Å². The summed E-state index contributed by atoms with van der Waals surface area (Å²) in [5, 5.41) is 5.36. The number of aromatic amines is 1. The molecule has 2 aromatic rings. The van der Waals surface area contributed by atoms with Crippen molar-refractivity contribution >= 4 is 27.3 Å². The fourth-order valence-corrected chi connectivity index (χ4v) is 3.09. The smallest absolute Gasteiger partial charge is 0.308 e. The van der Waals surface area contributed by atoms with E-state index in [2.05, 4.69) is 10.5 Å². The second kappa shape index (κ2) is 5.78. The molecular weight excluding hydrogens is 345 g/mol. The third-order valence-electron chi connectivity index (χ3n) is 2.58. The lowest BCUT2D eigenvalue weighted by Crippen LogP contribution is -2.31. The molecule has 11 heteroatoms. The molecule has 0 aliphatic heterocycles. The van der Waals surface area contributed by atoms with Gasteiger partial charge in [-0.3, -0.25) is 5.10 Å². The fourth-order valence-electron chi connectivity index (χ4n) is 1.68. The van der Waals surface area contributed by atoms with Crippen molar-refractivity contribution in [3.05, 3.63) is 40.7 Å². The van der Waals surface area contributed by atoms with Crippen molar-refractivity contribution in [3.63, 3.8) is 0 Å². The van der Waals surface area contributed by atoms with Crippen LogP contribution in [0.1, 0.15) is 11.4 Å². The second-order valence-electron chi connectivity index (χ2n) is 4.26. The third kappa shape index (κ3) is 3.51. The quantitative estimate of drug-likeness (QED) is 0.737. The van der Waals surface area contributed by atoms with Gasteiger partial charge in [0.25, 0.3) is 10.0 Å². The van der Waals surface area contributed by atoms with E-state index in [0.717, 1.165) is 0 Å². The summed E-state index contributed by atoms with van der Waals surface area (Å²) in [6.45, 7) is 1.18. The standard InChI is InChI=1S/C11H10ClF3N4O2S/c1-6-9(10(18-16-6)11(13,14)15)22(20,21)19-17-8-4-2-3-7(12)5-8/h2-5,17,19H,1H3,(H,16,18). The summed E-state index contributed by atoms with van der Waals surface area (Å²) in [6.07, 6.45) is -4.90. The van der Waals surface area contributed by atoms with E-state index in [-0.39, 0.29) is 11.4 Å². The molecule has 120 valence electrons. The van der Waals surface area contributed by atoms with Crippen molar-refractivity contribution < 1.29 is 21.6 Å². The second-order valence-corrected chi connectivity index (χ2v) is 6.32. The van der Waals surface area contributed by atoms with Gasteiger partial charge in [0.1, 0.15) is 4.90 Å². The van der Waals surface area contributed by atoms with Gasteiger partial charge in [-0.25, -0.2) is 8.42 Å². The minimum atomic E-state index is -4.90. The van der Waals surface area contributed by atoms with Crippen LogP contribution in [0.4, 0.5) is 18.9 Å². The van der Waals surface area contributed by atoms with Crippen LogP contribution in [0.5, 0.6) is 0 Å². The number of alkyl halides is 3. The third-order valence-corrected chi connectivity index (χ3v) is 4.23. The van der Waals surface area contributed by atoms with Gasteiger partial charge in [-0.05, 0) is 25.1 Å². The van der Waals surface area contributed by atoms with Crippen LogP contribution in [-0.4, -0.2) is 18.6 Å². The lowest BCUT2D eigenvalue weighted by atomic mass is 10.3. The number of hydrogen-bond donors (Lipinski definition) is 3. The molecule has 0 atom stereocenters. The molecule has 3 N–H and O–H groups in total. The Morgan fingerprint density at radius 3 is 2.59 bits per heavy atom. The first-order chi connectivity index (χ1) is 10.1. The van der Waals surface area contributed by atoms with E-state index in [1.165, 1.54) is 19.1 Å². The van der Waals surface area contributed by atoms with E-state index >= 15 is 0 Å². The molecule has 1 aromatic heterocycles. The number of sulfonamides is 1. The maximum absolute atomic E-state index is 12.8. The van der Waals surface area contributed by atoms with Crippen molar-refractivity contribution in [2.24, 2.45) is 0 Å². The molecule has 0 unspecified atom stereocenters. The lowest BCUT2D eigenvalue weighted by molar-refractivity contribution is -0.143. The largest absolute Gasteiger partial charge is 0.436 e. The highest BCUT2D eigenvalue weighted by molar-refractivity contribution is 7.89. The van der Waals surface area contributed by atoms with Crippen molar-refractivity contribution in [3.8, 4) is 0 Å². The summed E-state index contributed by atoms with van der Waals surface area (Å²) in [4.78, 5) is 0.898. The molecule has 0 aliphatic rings. The monoisotopic (exact) mass is 354 g/mol. The number of halogens is 4. The number of anilines is 1. The lowest BCUT2D eigenvalue weighted by Gasteiger charge is -2.11. The molecule has 0 spiro atoms. The number of hydrogen-bond acceptors (Lipinski definition) is 4. The van der Waals surface area contributed by atoms with Crippen LogP contribution in [0.2, 0.25) is 5.02 Å². The molecule has 6 nitrogen and oxygen atoms in total. The normalized spacial score (nSPS) is 12.4. The number of nitrogens with one attached hydrogen (secondary N) is 3. The summed E-state index contributed by atoms with van der Waals surface area (Å²) in [6, 6.07) is 5.99. The Kier molecular flexibility index (Phi) is 4.36. The van der Waals surface area contributed by atoms with E-state index in [1.807, 2.05) is 9.93 Å². The molecule has 0 amide bonds. The predicted octanol–water partition coefficient (Wildman–Crippen LogP) is 2.70. The van der Waals surface area contributed by atoms with Gasteiger partial charge in [0.15, 0.2) is 5.69 Å². The highest BCUT2D eigenvalue weighted by Crippen LogP contribution is 2.33. The van der Waals surface area contributed by atoms with E-state index in [0.29, 0.717) is 5.02 Å². The van der Waals surface area contributed by atoms with Crippen LogP contribution in [0.25, 0.3) is 0 Å². The Labute approximate surface area is 128 Å². The summed E-state index contributed by atoms with van der Waals surface area (Å²) in [7, 11) is -4.49. The molecule has 2 rings (SSSR count). The van der Waals surface area contributed by atoms with E-state index < -0.39 is 26.8 Å². The Hall–Kier alpha value is -1.78. The first kappa shape index (κ1) is 16.6. The Morgan fingerprint density at radius 1 is 1.32 bits per heavy atom. The Morgan fingerprint density at radius 2 is 2.00 bits per heavy atom. The summed E-state index contributed by atoms with van der Waals surface area (Å²) in [5.41, 5.74) is 0.820. The van der Waals surface area contributed by atoms with Gasteiger partial charge in [-0.2, -0.15) is 18.3 Å². The van der Waals surface area contributed by atoms with E-state index in [4.69, 9.17) is 11.6 Å². The van der Waals surface area contributed by atoms with Crippen LogP contribution in [0.15, 0.2) is 29.2 Å². The van der Waals surface area contributed by atoms with Gasteiger partial charge in [0.05, 0.1) is 11.4 Å². The highest BCUT2D eigenvalue weighted by atomic mass is 35.5. The van der Waals surface area contributed by atoms with Gasteiger partial charge >= 0.3 is 6.18 Å². The van der Waals surface area contributed by atoms with Gasteiger partial charge in [-0.1, -0.05) is 17.7 Å². The van der Waals surface area contributed by atoms with Crippen LogP contribution in [0, 0.1) is 6.92 Å². The van der Waals surface area contributed by atoms with Gasteiger partial charge in [0.2, 0.25) is 0 Å². The van der Waals surface area contributed by atoms with E-state index in [1.54, 1.807) is 12.1 Å². The summed E-state index contributed by atoms with van der Waals surface area (Å²) in [5.74, 6) is 0. The molecular formula is C11H10ClF3N4O2S. The maximum Gasteiger partial charge on any atom is 0.436 e. The molecule has 1 aromatic carbocycles. The number of rotatable bonds is 4. The number of hydrazine groups is 1. The number of aryl methyl sites for hydroxylation is 1. The van der Waals surface area contributed by atoms with Crippen molar-refractivity contribution in [2.45, 2.75) is 18.0 Å². The zero-order chi connectivity index (χ0) is 16.5. The van der Waals surface area contributed by atoms with Gasteiger partial charge in [0, 0.05) is 5.02 Å². The maximum atomic E-state index is 12.8. The molecule has 0 saturated carbocycles. The number of benzene rings is 1. The molecule has 0 radical (unpaired) electrons. The van der Waals surface area contributed by atoms with Crippen LogP contribution < -0.4 is 10.3 Å². The average molecular weight is 355 g/mol. The van der Waals surface area contributed by atoms with Crippen LogP contribution in [-0.2, 0) is 16.2 Å². The molecule has 0 fully saturated rings. The predicted molar refractivity (Wildman–Crippen MR) is 73.7 cm³/mol. The van der Waals surface area contributed by atoms with Crippen molar-refractivity contribution in [1.29, 1.82) is 0 Å². The molecule has 22 heavy (non-hydrogen) atoms. The minimum Gasteiger partial charge on any atom is -0.308 e. The topological polar surface area (TPSA) is 86.9 Å². The van der Waals surface area contributed by atoms with Crippen molar-refractivity contribution in [1.82, 2.24) is 15.0 Å². The zero-order valence-electron chi connectivity index (χ0n) is 11.0. The van der Waals surface area contributed by atoms with E-state index in [9.17, 15) is 21.6 Å². The Bertz CT molecular complexity index is 789. The zero-order valence-corrected chi connectivity index (χ0v) is 12.6. The molecule has 0 bridgehead atoms. The summed E-state index contributed by atoms with van der Waals surface area (Å²) >= 11 is 5.72. The molecule has 0 aliphatic carbocycles. The SMILES string of the molecule is Cc1[nH]nc(C(F)(F)F)c1S(=O)(=O)NNc1cccc(Cl)c1. The molecule has 1 heterocycles. The minimum absolute atomic E-state index is 0.229. The van der Waals surface area contributed by atoms with Crippen LogP contribution in [0.3, 0.4) is 0 Å². The number of nitrogens with zero attached hydrogens (tertiary/aromatic N) is 1. The average Bonchev–Trinajstić information content (AvgIpc) is 2.79. The molecule has 0 saturated heterocycles. The number of aromatic nitrogens is 2. The van der Waals surface area contributed by atoms with Gasteiger partial charge < -0.3 is 5.43 Å². The van der Waals surface area contributed by atoms with Crippen LogP contribution >= 0.6 is 11.6 Å². The first-order valence-corrected chi connectivity index (χ1v) is 7.63. The van der Waals surface area contributed by atoms with Gasteiger partial charge in [-0.15, -0.1) is 4.83 Å².